The molecule has 1 heterocycles. The second kappa shape index (κ2) is 9.76. The van der Waals surface area contributed by atoms with E-state index < -0.39 is 0 Å². The van der Waals surface area contributed by atoms with Crippen LogP contribution >= 0.6 is 11.8 Å². The molecule has 7 heteroatoms. The zero-order valence-electron chi connectivity index (χ0n) is 16.1. The van der Waals surface area contributed by atoms with Gasteiger partial charge in [0, 0.05) is 6.42 Å². The fourth-order valence-corrected chi connectivity index (χ4v) is 3.42. The van der Waals surface area contributed by atoms with Crippen LogP contribution in [0.25, 0.3) is 0 Å². The molecule has 0 saturated carbocycles. The Morgan fingerprint density at radius 3 is 2.43 bits per heavy atom. The zero-order valence-corrected chi connectivity index (χ0v) is 16.9. The highest BCUT2D eigenvalue weighted by Gasteiger charge is 2.11. The van der Waals surface area contributed by atoms with Crippen molar-refractivity contribution in [1.29, 1.82) is 0 Å². The minimum atomic E-state index is -0.154. The Hall–Kier alpha value is -3.58. The summed E-state index contributed by atoms with van der Waals surface area (Å²) in [5.41, 5.74) is 1.77. The van der Waals surface area contributed by atoms with E-state index >= 15 is 0 Å². The lowest BCUT2D eigenvalue weighted by Crippen LogP contribution is -2.14. The fraction of sp³-hybridized carbons (Fsp3) is 0.0870. The number of benzene rings is 3. The number of carbonyl (C=O) groups is 1. The van der Waals surface area contributed by atoms with E-state index in [1.165, 1.54) is 11.8 Å². The molecular formula is C23H20N4O2S. The van der Waals surface area contributed by atoms with Gasteiger partial charge < -0.3 is 10.1 Å². The predicted octanol–water partition coefficient (Wildman–Crippen LogP) is 4.92. The molecule has 0 spiro atoms. The number of para-hydroxylation sites is 3. The maximum Gasteiger partial charge on any atom is 0.234 e. The third kappa shape index (κ3) is 5.48. The number of aromatic nitrogens is 3. The summed E-state index contributed by atoms with van der Waals surface area (Å²) < 4.78 is 5.88. The number of hydrogen-bond donors (Lipinski definition) is 2. The Morgan fingerprint density at radius 2 is 1.63 bits per heavy atom. The van der Waals surface area contributed by atoms with E-state index in [-0.39, 0.29) is 11.7 Å². The van der Waals surface area contributed by atoms with Gasteiger partial charge in [-0.15, -0.1) is 5.10 Å². The standard InChI is InChI=1S/C23H20N4O2S/c28-22(16-30-23-25-21(26-27-23)15-17-9-3-1-4-10-17)24-19-13-7-8-14-20(19)29-18-11-5-2-6-12-18/h1-14H,15-16H2,(H,24,28)(H,25,26,27). The molecule has 0 saturated heterocycles. The number of rotatable bonds is 8. The van der Waals surface area contributed by atoms with Gasteiger partial charge in [0.1, 0.15) is 11.6 Å². The SMILES string of the molecule is O=C(CSc1n[nH]c(Cc2ccccc2)n1)Nc1ccccc1Oc1ccccc1. The van der Waals surface area contributed by atoms with Crippen LogP contribution in [0.15, 0.2) is 90.1 Å². The fourth-order valence-electron chi connectivity index (χ4n) is 2.80. The molecule has 3 aromatic carbocycles. The smallest absolute Gasteiger partial charge is 0.234 e. The van der Waals surface area contributed by atoms with Crippen LogP contribution in [0.5, 0.6) is 11.5 Å². The normalized spacial score (nSPS) is 10.5. The van der Waals surface area contributed by atoms with Crippen molar-refractivity contribution in [1.82, 2.24) is 15.2 Å². The van der Waals surface area contributed by atoms with Crippen molar-refractivity contribution < 1.29 is 9.53 Å². The van der Waals surface area contributed by atoms with Crippen molar-refractivity contribution in [3.8, 4) is 11.5 Å². The molecule has 0 atom stereocenters. The highest BCUT2D eigenvalue weighted by Crippen LogP contribution is 2.29. The molecule has 1 amide bonds. The molecule has 4 aromatic rings. The minimum absolute atomic E-state index is 0.154. The van der Waals surface area contributed by atoms with Crippen molar-refractivity contribution in [2.75, 3.05) is 11.1 Å². The molecule has 0 aliphatic carbocycles. The molecular weight excluding hydrogens is 396 g/mol. The van der Waals surface area contributed by atoms with Crippen molar-refractivity contribution in [3.63, 3.8) is 0 Å². The van der Waals surface area contributed by atoms with Crippen LogP contribution < -0.4 is 10.1 Å². The molecule has 0 aliphatic rings. The first-order valence-electron chi connectivity index (χ1n) is 9.46. The van der Waals surface area contributed by atoms with Gasteiger partial charge in [-0.1, -0.05) is 72.4 Å². The Labute approximate surface area is 178 Å². The average Bonchev–Trinajstić information content (AvgIpc) is 3.22. The summed E-state index contributed by atoms with van der Waals surface area (Å²) in [6.45, 7) is 0. The van der Waals surface area contributed by atoms with Crippen molar-refractivity contribution in [2.24, 2.45) is 0 Å². The lowest BCUT2D eigenvalue weighted by molar-refractivity contribution is -0.113. The molecule has 30 heavy (non-hydrogen) atoms. The number of carbonyl (C=O) groups excluding carboxylic acids is 1. The van der Waals surface area contributed by atoms with Crippen LogP contribution in [0, 0.1) is 0 Å². The predicted molar refractivity (Wildman–Crippen MR) is 118 cm³/mol. The number of ether oxygens (including phenoxy) is 1. The lowest BCUT2D eigenvalue weighted by atomic mass is 10.1. The molecule has 0 radical (unpaired) electrons. The van der Waals surface area contributed by atoms with Gasteiger partial charge in [0.25, 0.3) is 0 Å². The van der Waals surface area contributed by atoms with Crippen molar-refractivity contribution >= 4 is 23.4 Å². The summed E-state index contributed by atoms with van der Waals surface area (Å²) in [5.74, 6) is 2.11. The second-order valence-electron chi connectivity index (χ2n) is 6.48. The Morgan fingerprint density at radius 1 is 0.933 bits per heavy atom. The Bertz CT molecular complexity index is 1100. The summed E-state index contributed by atoms with van der Waals surface area (Å²) in [4.78, 5) is 16.9. The maximum absolute atomic E-state index is 12.4. The minimum Gasteiger partial charge on any atom is -0.455 e. The van der Waals surface area contributed by atoms with Crippen LogP contribution in [-0.2, 0) is 11.2 Å². The van der Waals surface area contributed by atoms with E-state index in [1.54, 1.807) is 0 Å². The van der Waals surface area contributed by atoms with Gasteiger partial charge in [0.05, 0.1) is 11.4 Å². The van der Waals surface area contributed by atoms with Gasteiger partial charge in [0.15, 0.2) is 5.75 Å². The first-order chi connectivity index (χ1) is 14.8. The Balaban J connectivity index is 1.32. The van der Waals surface area contributed by atoms with Gasteiger partial charge in [-0.05, 0) is 29.8 Å². The van der Waals surface area contributed by atoms with Crippen LogP contribution in [0.2, 0.25) is 0 Å². The monoisotopic (exact) mass is 416 g/mol. The summed E-state index contributed by atoms with van der Waals surface area (Å²) in [5, 5.41) is 10.6. The topological polar surface area (TPSA) is 79.9 Å². The number of nitrogens with one attached hydrogen (secondary N) is 2. The quantitative estimate of drug-likeness (QED) is 0.399. The van der Waals surface area contributed by atoms with Gasteiger partial charge in [-0.25, -0.2) is 4.98 Å². The van der Waals surface area contributed by atoms with E-state index in [0.717, 1.165) is 11.4 Å². The third-order valence-corrected chi connectivity index (χ3v) is 5.04. The molecule has 0 fully saturated rings. The number of nitrogens with zero attached hydrogens (tertiary/aromatic N) is 2. The summed E-state index contributed by atoms with van der Waals surface area (Å²) in [7, 11) is 0. The van der Waals surface area contributed by atoms with Crippen LogP contribution in [0.1, 0.15) is 11.4 Å². The van der Waals surface area contributed by atoms with Crippen molar-refractivity contribution in [2.45, 2.75) is 11.6 Å². The highest BCUT2D eigenvalue weighted by molar-refractivity contribution is 7.99. The number of anilines is 1. The molecule has 1 aromatic heterocycles. The van der Waals surface area contributed by atoms with E-state index in [1.807, 2.05) is 84.9 Å². The largest absolute Gasteiger partial charge is 0.455 e. The molecule has 4 rings (SSSR count). The number of thioether (sulfide) groups is 1. The van der Waals surface area contributed by atoms with Gasteiger partial charge in [-0.2, -0.15) is 0 Å². The molecule has 0 unspecified atom stereocenters. The number of hydrogen-bond acceptors (Lipinski definition) is 5. The summed E-state index contributed by atoms with van der Waals surface area (Å²) in [6, 6.07) is 26.8. The molecule has 0 aliphatic heterocycles. The zero-order chi connectivity index (χ0) is 20.6. The van der Waals surface area contributed by atoms with Crippen molar-refractivity contribution in [3.05, 3.63) is 96.3 Å². The van der Waals surface area contributed by atoms with E-state index in [2.05, 4.69) is 20.5 Å². The molecule has 0 bridgehead atoms. The number of aromatic amines is 1. The second-order valence-corrected chi connectivity index (χ2v) is 7.42. The maximum atomic E-state index is 12.4. The van der Waals surface area contributed by atoms with Gasteiger partial charge in [0.2, 0.25) is 11.1 Å². The van der Waals surface area contributed by atoms with Crippen LogP contribution in [0.3, 0.4) is 0 Å². The van der Waals surface area contributed by atoms with Crippen LogP contribution in [0.4, 0.5) is 5.69 Å². The van der Waals surface area contributed by atoms with E-state index in [0.29, 0.717) is 28.8 Å². The molecule has 150 valence electrons. The highest BCUT2D eigenvalue weighted by atomic mass is 32.2. The summed E-state index contributed by atoms with van der Waals surface area (Å²) >= 11 is 1.28. The number of H-pyrrole nitrogens is 1. The summed E-state index contributed by atoms with van der Waals surface area (Å²) in [6.07, 6.45) is 0.671. The third-order valence-electron chi connectivity index (χ3n) is 4.19. The Kier molecular flexibility index (Phi) is 6.41. The molecule has 2 N–H and O–H groups in total. The lowest BCUT2D eigenvalue weighted by Gasteiger charge is -2.11. The molecule has 6 nitrogen and oxygen atoms in total. The van der Waals surface area contributed by atoms with E-state index in [9.17, 15) is 4.79 Å². The van der Waals surface area contributed by atoms with Crippen LogP contribution in [-0.4, -0.2) is 26.8 Å². The average molecular weight is 417 g/mol. The van der Waals surface area contributed by atoms with Gasteiger partial charge in [-0.3, -0.25) is 9.89 Å². The first-order valence-corrected chi connectivity index (χ1v) is 10.4. The van der Waals surface area contributed by atoms with Gasteiger partial charge >= 0.3 is 0 Å². The number of amides is 1. The van der Waals surface area contributed by atoms with E-state index in [4.69, 9.17) is 4.74 Å². The first kappa shape index (κ1) is 19.7.